The minimum Gasteiger partial charge on any atom is -0.255 e. The van der Waals surface area contributed by atoms with E-state index in [1.54, 1.807) is 0 Å². The van der Waals surface area contributed by atoms with Gasteiger partial charge in [0.1, 0.15) is 5.69 Å². The SMILES string of the molecule is CO[N]c1ccccc1C(F)(F)F. The molecule has 13 heavy (non-hydrogen) atoms. The Morgan fingerprint density at radius 3 is 2.38 bits per heavy atom. The summed E-state index contributed by atoms with van der Waals surface area (Å²) in [6, 6.07) is 4.97. The number of nitrogens with zero attached hydrogens (tertiary/aromatic N) is 1. The maximum absolute atomic E-state index is 12.3. The van der Waals surface area contributed by atoms with Crippen LogP contribution in [0.1, 0.15) is 5.56 Å². The van der Waals surface area contributed by atoms with Crippen LogP contribution in [0.4, 0.5) is 18.9 Å². The van der Waals surface area contributed by atoms with Crippen LogP contribution >= 0.6 is 0 Å². The molecule has 0 N–H and O–H groups in total. The van der Waals surface area contributed by atoms with Gasteiger partial charge in [-0.05, 0) is 12.1 Å². The van der Waals surface area contributed by atoms with Gasteiger partial charge in [0, 0.05) is 0 Å². The summed E-state index contributed by atoms with van der Waals surface area (Å²) in [7, 11) is 1.20. The molecular weight excluding hydrogens is 183 g/mol. The highest BCUT2D eigenvalue weighted by Crippen LogP contribution is 2.34. The Kier molecular flexibility index (Phi) is 2.77. The molecule has 0 atom stereocenters. The van der Waals surface area contributed by atoms with Crippen molar-refractivity contribution in [2.75, 3.05) is 7.11 Å². The predicted molar refractivity (Wildman–Crippen MR) is 40.2 cm³/mol. The molecule has 5 heteroatoms. The molecule has 2 nitrogen and oxygen atoms in total. The smallest absolute Gasteiger partial charge is 0.255 e. The molecule has 0 bridgehead atoms. The van der Waals surface area contributed by atoms with Gasteiger partial charge < -0.3 is 0 Å². The highest BCUT2D eigenvalue weighted by atomic mass is 19.4. The van der Waals surface area contributed by atoms with Crippen LogP contribution in [0, 0.1) is 0 Å². The molecule has 0 unspecified atom stereocenters. The second-order valence-electron chi connectivity index (χ2n) is 2.29. The van der Waals surface area contributed by atoms with Gasteiger partial charge in [-0.2, -0.15) is 13.2 Å². The van der Waals surface area contributed by atoms with Gasteiger partial charge in [0.05, 0.1) is 12.7 Å². The molecule has 0 aromatic heterocycles. The van der Waals surface area contributed by atoms with Crippen LogP contribution in [0.25, 0.3) is 0 Å². The van der Waals surface area contributed by atoms with Crippen molar-refractivity contribution in [1.82, 2.24) is 5.48 Å². The summed E-state index contributed by atoms with van der Waals surface area (Å²) in [5.74, 6) is 0. The molecule has 71 valence electrons. The highest BCUT2D eigenvalue weighted by Gasteiger charge is 2.33. The molecule has 1 aromatic rings. The van der Waals surface area contributed by atoms with E-state index in [2.05, 4.69) is 10.3 Å². The molecule has 0 heterocycles. The Morgan fingerprint density at radius 2 is 1.85 bits per heavy atom. The zero-order valence-corrected chi connectivity index (χ0v) is 6.80. The molecule has 1 radical (unpaired) electrons. The normalized spacial score (nSPS) is 11.4. The van der Waals surface area contributed by atoms with E-state index in [0.29, 0.717) is 0 Å². The number of alkyl halides is 3. The first-order chi connectivity index (χ1) is 6.05. The van der Waals surface area contributed by atoms with E-state index in [1.165, 1.54) is 25.3 Å². The lowest BCUT2D eigenvalue weighted by molar-refractivity contribution is -0.137. The first-order valence-electron chi connectivity index (χ1n) is 3.46. The molecule has 0 saturated carbocycles. The van der Waals surface area contributed by atoms with Crippen LogP contribution in [0.5, 0.6) is 0 Å². The first kappa shape index (κ1) is 9.85. The number of halogens is 3. The minimum absolute atomic E-state index is 0.211. The van der Waals surface area contributed by atoms with E-state index >= 15 is 0 Å². The Balaban J connectivity index is 3.05. The molecule has 0 aliphatic carbocycles. The molecule has 0 saturated heterocycles. The van der Waals surface area contributed by atoms with Crippen molar-refractivity contribution in [3.63, 3.8) is 0 Å². The average Bonchev–Trinajstić information content (AvgIpc) is 2.04. The second kappa shape index (κ2) is 3.66. The Bertz CT molecular complexity index is 285. The van der Waals surface area contributed by atoms with Gasteiger partial charge in [0.2, 0.25) is 0 Å². The second-order valence-corrected chi connectivity index (χ2v) is 2.29. The molecule has 0 spiro atoms. The molecular formula is C8H7F3NO. The summed E-state index contributed by atoms with van der Waals surface area (Å²) in [4.78, 5) is 4.29. The maximum atomic E-state index is 12.3. The van der Waals surface area contributed by atoms with E-state index < -0.39 is 11.7 Å². The van der Waals surface area contributed by atoms with E-state index in [0.717, 1.165) is 6.07 Å². The van der Waals surface area contributed by atoms with E-state index in [9.17, 15) is 13.2 Å². The Hall–Kier alpha value is -1.23. The van der Waals surface area contributed by atoms with Crippen molar-refractivity contribution >= 4 is 5.69 Å². The Labute approximate surface area is 73.3 Å². The van der Waals surface area contributed by atoms with Crippen LogP contribution in [-0.2, 0) is 11.0 Å². The molecule has 0 aliphatic rings. The first-order valence-corrected chi connectivity index (χ1v) is 3.46. The molecule has 1 rings (SSSR count). The van der Waals surface area contributed by atoms with Gasteiger partial charge in [0.25, 0.3) is 0 Å². The maximum Gasteiger partial charge on any atom is 0.418 e. The zero-order chi connectivity index (χ0) is 9.90. The van der Waals surface area contributed by atoms with Crippen LogP contribution in [0.15, 0.2) is 24.3 Å². The molecule has 0 fully saturated rings. The van der Waals surface area contributed by atoms with Crippen molar-refractivity contribution in [2.45, 2.75) is 6.18 Å². The van der Waals surface area contributed by atoms with E-state index in [4.69, 9.17) is 0 Å². The predicted octanol–water partition coefficient (Wildman–Crippen LogP) is 2.50. The lowest BCUT2D eigenvalue weighted by Gasteiger charge is -2.10. The fraction of sp³-hybridized carbons (Fsp3) is 0.250. The Morgan fingerprint density at radius 1 is 1.23 bits per heavy atom. The number of hydrogen-bond donors (Lipinski definition) is 0. The third-order valence-corrected chi connectivity index (χ3v) is 1.40. The monoisotopic (exact) mass is 190 g/mol. The van der Waals surface area contributed by atoms with Crippen LogP contribution < -0.4 is 5.48 Å². The quantitative estimate of drug-likeness (QED) is 0.657. The van der Waals surface area contributed by atoms with E-state index in [-0.39, 0.29) is 5.69 Å². The summed E-state index contributed by atoms with van der Waals surface area (Å²) in [5.41, 5.74) is 2.25. The summed E-state index contributed by atoms with van der Waals surface area (Å²) < 4.78 is 36.8. The van der Waals surface area contributed by atoms with E-state index in [1.807, 2.05) is 0 Å². The van der Waals surface area contributed by atoms with Crippen molar-refractivity contribution < 1.29 is 18.0 Å². The minimum atomic E-state index is -4.39. The fourth-order valence-corrected chi connectivity index (χ4v) is 0.891. The topological polar surface area (TPSA) is 23.3 Å². The lowest BCUT2D eigenvalue weighted by atomic mass is 10.2. The average molecular weight is 190 g/mol. The number of hydrogen-bond acceptors (Lipinski definition) is 1. The molecule has 0 aliphatic heterocycles. The third kappa shape index (κ3) is 2.35. The fourth-order valence-electron chi connectivity index (χ4n) is 0.891. The van der Waals surface area contributed by atoms with Crippen molar-refractivity contribution in [3.8, 4) is 0 Å². The van der Waals surface area contributed by atoms with Crippen molar-refractivity contribution in [2.24, 2.45) is 0 Å². The van der Waals surface area contributed by atoms with Gasteiger partial charge >= 0.3 is 6.18 Å². The van der Waals surface area contributed by atoms with Crippen molar-refractivity contribution in [1.29, 1.82) is 0 Å². The van der Waals surface area contributed by atoms with Gasteiger partial charge in [0.15, 0.2) is 0 Å². The lowest BCUT2D eigenvalue weighted by Crippen LogP contribution is -2.09. The summed E-state index contributed by atoms with van der Waals surface area (Å²) >= 11 is 0. The van der Waals surface area contributed by atoms with Crippen LogP contribution in [0.2, 0.25) is 0 Å². The standard InChI is InChI=1S/C8H7F3NO/c1-13-12-7-5-3-2-4-6(7)8(9,10)11/h2-5H,1H3. The van der Waals surface area contributed by atoms with Gasteiger partial charge in [-0.25, -0.2) is 0 Å². The molecule has 1 aromatic carbocycles. The third-order valence-electron chi connectivity index (χ3n) is 1.40. The zero-order valence-electron chi connectivity index (χ0n) is 6.80. The summed E-state index contributed by atoms with van der Waals surface area (Å²) in [6.45, 7) is 0. The van der Waals surface area contributed by atoms with Crippen LogP contribution in [-0.4, -0.2) is 7.11 Å². The van der Waals surface area contributed by atoms with Crippen molar-refractivity contribution in [3.05, 3.63) is 29.8 Å². The molecule has 0 amide bonds. The number of benzene rings is 1. The summed E-state index contributed by atoms with van der Waals surface area (Å²) in [6.07, 6.45) is -4.39. The van der Waals surface area contributed by atoms with Gasteiger partial charge in [-0.3, -0.25) is 4.84 Å². The van der Waals surface area contributed by atoms with Gasteiger partial charge in [-0.15, -0.1) is 5.48 Å². The van der Waals surface area contributed by atoms with Crippen LogP contribution in [0.3, 0.4) is 0 Å². The largest absolute Gasteiger partial charge is 0.418 e. The highest BCUT2D eigenvalue weighted by molar-refractivity contribution is 5.45. The van der Waals surface area contributed by atoms with Gasteiger partial charge in [-0.1, -0.05) is 12.1 Å². The summed E-state index contributed by atoms with van der Waals surface area (Å²) in [5, 5.41) is 0. The number of rotatable bonds is 2.